The quantitative estimate of drug-likeness (QED) is 0.844. The fourth-order valence-corrected chi connectivity index (χ4v) is 1.85. The molecular weight excluding hydrogens is 208 g/mol. The lowest BCUT2D eigenvalue weighted by molar-refractivity contribution is 0.156. The van der Waals surface area contributed by atoms with Gasteiger partial charge in [-0.1, -0.05) is 0 Å². The van der Waals surface area contributed by atoms with Gasteiger partial charge in [-0.25, -0.2) is 13.8 Å². The summed E-state index contributed by atoms with van der Waals surface area (Å²) in [5.41, 5.74) is 6.35. The highest BCUT2D eigenvalue weighted by atomic mass is 32.1. The molecule has 1 unspecified atom stereocenters. The second kappa shape index (κ2) is 4.65. The van der Waals surface area contributed by atoms with E-state index in [0.717, 1.165) is 5.69 Å². The van der Waals surface area contributed by atoms with E-state index in [9.17, 15) is 8.78 Å². The Bertz CT molecular complexity index is 288. The van der Waals surface area contributed by atoms with Crippen LogP contribution in [0.2, 0.25) is 0 Å². The number of alkyl halides is 2. The summed E-state index contributed by atoms with van der Waals surface area (Å²) in [5, 5.41) is 2.37. The SMILES string of the molecule is CC(N)c1csc(N(C)CC(F)F)n1. The lowest BCUT2D eigenvalue weighted by atomic mass is 10.3. The minimum atomic E-state index is -2.34. The van der Waals surface area contributed by atoms with E-state index in [2.05, 4.69) is 4.98 Å². The zero-order valence-electron chi connectivity index (χ0n) is 8.08. The molecule has 0 amide bonds. The molecule has 3 nitrogen and oxygen atoms in total. The number of hydrogen-bond donors (Lipinski definition) is 1. The van der Waals surface area contributed by atoms with Crippen LogP contribution in [0.1, 0.15) is 18.7 Å². The van der Waals surface area contributed by atoms with Crippen molar-refractivity contribution in [2.75, 3.05) is 18.5 Å². The Morgan fingerprint density at radius 3 is 2.71 bits per heavy atom. The number of nitrogens with two attached hydrogens (primary N) is 1. The molecule has 6 heteroatoms. The van der Waals surface area contributed by atoms with E-state index in [1.807, 2.05) is 6.92 Å². The van der Waals surface area contributed by atoms with E-state index in [-0.39, 0.29) is 12.6 Å². The van der Waals surface area contributed by atoms with E-state index < -0.39 is 6.43 Å². The normalized spacial score (nSPS) is 13.3. The van der Waals surface area contributed by atoms with Gasteiger partial charge in [-0.3, -0.25) is 0 Å². The van der Waals surface area contributed by atoms with Crippen LogP contribution in [0, 0.1) is 0 Å². The highest BCUT2D eigenvalue weighted by Crippen LogP contribution is 2.22. The molecule has 14 heavy (non-hydrogen) atoms. The molecule has 0 fully saturated rings. The molecule has 0 saturated carbocycles. The average molecular weight is 221 g/mol. The summed E-state index contributed by atoms with van der Waals surface area (Å²) in [6, 6.07) is -0.153. The van der Waals surface area contributed by atoms with Crippen LogP contribution in [0.4, 0.5) is 13.9 Å². The Kier molecular flexibility index (Phi) is 3.77. The molecule has 0 bridgehead atoms. The van der Waals surface area contributed by atoms with Crippen LogP contribution >= 0.6 is 11.3 Å². The molecule has 1 atom stereocenters. The van der Waals surface area contributed by atoms with E-state index in [1.54, 1.807) is 12.4 Å². The van der Waals surface area contributed by atoms with Gasteiger partial charge in [-0.2, -0.15) is 0 Å². The predicted octanol–water partition coefficient (Wildman–Crippen LogP) is 1.86. The van der Waals surface area contributed by atoms with Gasteiger partial charge in [-0.15, -0.1) is 11.3 Å². The Balaban J connectivity index is 2.66. The third-order valence-corrected chi connectivity index (χ3v) is 2.69. The number of nitrogens with zero attached hydrogens (tertiary/aromatic N) is 2. The van der Waals surface area contributed by atoms with Gasteiger partial charge in [0.1, 0.15) is 0 Å². The first-order valence-electron chi connectivity index (χ1n) is 4.21. The fourth-order valence-electron chi connectivity index (χ4n) is 0.946. The molecule has 0 aliphatic heterocycles. The van der Waals surface area contributed by atoms with Crippen LogP contribution in [0.15, 0.2) is 5.38 Å². The zero-order chi connectivity index (χ0) is 10.7. The smallest absolute Gasteiger partial charge is 0.255 e. The van der Waals surface area contributed by atoms with Crippen LogP contribution in [0.5, 0.6) is 0 Å². The first-order chi connectivity index (χ1) is 6.50. The number of thiazole rings is 1. The predicted molar refractivity (Wildman–Crippen MR) is 54.0 cm³/mol. The number of halogens is 2. The number of rotatable bonds is 4. The molecule has 0 saturated heterocycles. The summed E-state index contributed by atoms with van der Waals surface area (Å²) in [4.78, 5) is 5.58. The van der Waals surface area contributed by atoms with Crippen molar-refractivity contribution in [2.24, 2.45) is 5.73 Å². The van der Waals surface area contributed by atoms with Gasteiger partial charge in [0.25, 0.3) is 6.43 Å². The summed E-state index contributed by atoms with van der Waals surface area (Å²) < 4.78 is 24.1. The summed E-state index contributed by atoms with van der Waals surface area (Å²) >= 11 is 1.33. The van der Waals surface area contributed by atoms with Gasteiger partial charge in [-0.05, 0) is 6.92 Å². The van der Waals surface area contributed by atoms with E-state index in [0.29, 0.717) is 5.13 Å². The van der Waals surface area contributed by atoms with Crippen LogP contribution in [0.25, 0.3) is 0 Å². The maximum Gasteiger partial charge on any atom is 0.255 e. The topological polar surface area (TPSA) is 42.1 Å². The molecule has 80 valence electrons. The third kappa shape index (κ3) is 2.88. The molecule has 0 aromatic carbocycles. The molecule has 2 N–H and O–H groups in total. The van der Waals surface area contributed by atoms with E-state index in [4.69, 9.17) is 5.73 Å². The summed E-state index contributed by atoms with van der Waals surface area (Å²) in [6.45, 7) is 1.51. The highest BCUT2D eigenvalue weighted by Gasteiger charge is 2.13. The molecule has 1 aromatic rings. The van der Waals surface area contributed by atoms with Crippen molar-refractivity contribution < 1.29 is 8.78 Å². The minimum Gasteiger partial charge on any atom is -0.345 e. The van der Waals surface area contributed by atoms with Crippen LogP contribution in [-0.4, -0.2) is 25.0 Å². The van der Waals surface area contributed by atoms with Crippen LogP contribution in [0.3, 0.4) is 0 Å². The highest BCUT2D eigenvalue weighted by molar-refractivity contribution is 7.13. The van der Waals surface area contributed by atoms with Crippen molar-refractivity contribution in [3.05, 3.63) is 11.1 Å². The first kappa shape index (κ1) is 11.3. The van der Waals surface area contributed by atoms with E-state index in [1.165, 1.54) is 16.2 Å². The Morgan fingerprint density at radius 2 is 2.29 bits per heavy atom. The standard InChI is InChI=1S/C8H13F2N3S/c1-5(11)6-4-14-8(12-6)13(2)3-7(9)10/h4-5,7H,3,11H2,1-2H3. The molecule has 1 rings (SSSR count). The van der Waals surface area contributed by atoms with Gasteiger partial charge in [0, 0.05) is 18.5 Å². The molecule has 1 heterocycles. The average Bonchev–Trinajstić information content (AvgIpc) is 2.50. The van der Waals surface area contributed by atoms with Crippen LogP contribution in [-0.2, 0) is 0 Å². The second-order valence-electron chi connectivity index (χ2n) is 3.12. The number of hydrogen-bond acceptors (Lipinski definition) is 4. The van der Waals surface area contributed by atoms with Crippen molar-refractivity contribution >= 4 is 16.5 Å². The van der Waals surface area contributed by atoms with Crippen molar-refractivity contribution in [3.8, 4) is 0 Å². The molecular formula is C8H13F2N3S. The van der Waals surface area contributed by atoms with Crippen LogP contribution < -0.4 is 10.6 Å². The molecule has 0 radical (unpaired) electrons. The van der Waals surface area contributed by atoms with Gasteiger partial charge in [0.05, 0.1) is 12.2 Å². The summed E-state index contributed by atoms with van der Waals surface area (Å²) in [5.74, 6) is 0. The van der Waals surface area contributed by atoms with E-state index >= 15 is 0 Å². The zero-order valence-corrected chi connectivity index (χ0v) is 8.89. The molecule has 1 aromatic heterocycles. The largest absolute Gasteiger partial charge is 0.345 e. The Hall–Kier alpha value is -0.750. The summed E-state index contributed by atoms with van der Waals surface area (Å²) in [7, 11) is 1.59. The maximum atomic E-state index is 12.0. The Labute approximate surface area is 85.5 Å². The van der Waals surface area contributed by atoms with Crippen molar-refractivity contribution in [1.82, 2.24) is 4.98 Å². The number of anilines is 1. The first-order valence-corrected chi connectivity index (χ1v) is 5.09. The molecule has 0 aliphatic rings. The monoisotopic (exact) mass is 221 g/mol. The van der Waals surface area contributed by atoms with Gasteiger partial charge in [0.15, 0.2) is 5.13 Å². The number of aromatic nitrogens is 1. The second-order valence-corrected chi connectivity index (χ2v) is 3.95. The lowest BCUT2D eigenvalue weighted by Crippen LogP contribution is -2.23. The maximum absolute atomic E-state index is 12.0. The lowest BCUT2D eigenvalue weighted by Gasteiger charge is -2.14. The van der Waals surface area contributed by atoms with Gasteiger partial charge >= 0.3 is 0 Å². The van der Waals surface area contributed by atoms with Crippen molar-refractivity contribution in [2.45, 2.75) is 19.4 Å². The fraction of sp³-hybridized carbons (Fsp3) is 0.625. The third-order valence-electron chi connectivity index (χ3n) is 1.71. The molecule has 0 aliphatic carbocycles. The minimum absolute atomic E-state index is 0.153. The van der Waals surface area contributed by atoms with Gasteiger partial charge < -0.3 is 10.6 Å². The van der Waals surface area contributed by atoms with Crippen molar-refractivity contribution in [3.63, 3.8) is 0 Å². The molecule has 0 spiro atoms. The van der Waals surface area contributed by atoms with Gasteiger partial charge in [0.2, 0.25) is 0 Å². The Morgan fingerprint density at radius 1 is 1.64 bits per heavy atom. The van der Waals surface area contributed by atoms with Crippen molar-refractivity contribution in [1.29, 1.82) is 0 Å². The summed E-state index contributed by atoms with van der Waals surface area (Å²) in [6.07, 6.45) is -2.34.